The molecule has 0 aromatic heterocycles. The standard InChI is InChI=1S/C23H21FN2O2/c1-2-15-9-11-16(12-10-15)21(17-5-4-8-20(24)14-17)26-23(28)19-7-3-6-18(13-19)22(25)27/h3-14,21H,2H2,1H3,(H2,25,27)(H,26,28). The molecule has 2 amide bonds. The van der Waals surface area contributed by atoms with Gasteiger partial charge in [-0.2, -0.15) is 0 Å². The van der Waals surface area contributed by atoms with Crippen molar-refractivity contribution < 1.29 is 14.0 Å². The summed E-state index contributed by atoms with van der Waals surface area (Å²) in [4.78, 5) is 24.2. The fourth-order valence-electron chi connectivity index (χ4n) is 3.02. The van der Waals surface area contributed by atoms with Gasteiger partial charge >= 0.3 is 0 Å². The normalized spacial score (nSPS) is 11.6. The zero-order valence-corrected chi connectivity index (χ0v) is 15.5. The van der Waals surface area contributed by atoms with E-state index in [0.717, 1.165) is 12.0 Å². The first-order valence-corrected chi connectivity index (χ1v) is 9.03. The van der Waals surface area contributed by atoms with Crippen LogP contribution in [-0.4, -0.2) is 11.8 Å². The average molecular weight is 376 g/mol. The van der Waals surface area contributed by atoms with Crippen molar-refractivity contribution in [2.75, 3.05) is 0 Å². The van der Waals surface area contributed by atoms with Crippen LogP contribution < -0.4 is 11.1 Å². The summed E-state index contributed by atoms with van der Waals surface area (Å²) in [6.45, 7) is 2.06. The van der Waals surface area contributed by atoms with Crippen molar-refractivity contribution in [1.82, 2.24) is 5.32 Å². The minimum Gasteiger partial charge on any atom is -0.366 e. The van der Waals surface area contributed by atoms with Gasteiger partial charge in [0, 0.05) is 11.1 Å². The summed E-state index contributed by atoms with van der Waals surface area (Å²) in [5.74, 6) is -1.36. The fraction of sp³-hybridized carbons (Fsp3) is 0.130. The molecule has 0 radical (unpaired) electrons. The van der Waals surface area contributed by atoms with Crippen molar-refractivity contribution in [2.45, 2.75) is 19.4 Å². The SMILES string of the molecule is CCc1ccc(C(NC(=O)c2cccc(C(N)=O)c2)c2cccc(F)c2)cc1. The first-order valence-electron chi connectivity index (χ1n) is 9.03. The number of nitrogens with one attached hydrogen (secondary N) is 1. The number of primary amides is 1. The Balaban J connectivity index is 1.95. The van der Waals surface area contributed by atoms with E-state index in [-0.39, 0.29) is 17.3 Å². The molecule has 0 fully saturated rings. The molecule has 0 spiro atoms. The molecule has 0 bridgehead atoms. The Morgan fingerprint density at radius 2 is 1.61 bits per heavy atom. The van der Waals surface area contributed by atoms with E-state index < -0.39 is 11.9 Å². The molecule has 0 saturated carbocycles. The van der Waals surface area contributed by atoms with E-state index >= 15 is 0 Å². The smallest absolute Gasteiger partial charge is 0.252 e. The van der Waals surface area contributed by atoms with Gasteiger partial charge < -0.3 is 11.1 Å². The largest absolute Gasteiger partial charge is 0.366 e. The van der Waals surface area contributed by atoms with Gasteiger partial charge in [-0.3, -0.25) is 9.59 Å². The van der Waals surface area contributed by atoms with E-state index in [2.05, 4.69) is 12.2 Å². The Kier molecular flexibility index (Phi) is 5.84. The Morgan fingerprint density at radius 1 is 0.929 bits per heavy atom. The van der Waals surface area contributed by atoms with Crippen molar-refractivity contribution in [3.8, 4) is 0 Å². The van der Waals surface area contributed by atoms with E-state index in [9.17, 15) is 14.0 Å². The molecular formula is C23H21FN2O2. The summed E-state index contributed by atoms with van der Waals surface area (Å²) in [5.41, 5.74) is 8.49. The lowest BCUT2D eigenvalue weighted by Crippen LogP contribution is -2.29. The van der Waals surface area contributed by atoms with Gasteiger partial charge in [-0.05, 0) is 53.4 Å². The number of amides is 2. The zero-order valence-electron chi connectivity index (χ0n) is 15.5. The molecule has 0 heterocycles. The second-order valence-electron chi connectivity index (χ2n) is 6.50. The second-order valence-corrected chi connectivity index (χ2v) is 6.50. The molecule has 3 N–H and O–H groups in total. The molecule has 0 saturated heterocycles. The predicted molar refractivity (Wildman–Crippen MR) is 106 cm³/mol. The van der Waals surface area contributed by atoms with Crippen LogP contribution in [0.3, 0.4) is 0 Å². The molecule has 142 valence electrons. The molecule has 28 heavy (non-hydrogen) atoms. The van der Waals surface area contributed by atoms with Crippen LogP contribution in [0.5, 0.6) is 0 Å². The molecule has 4 nitrogen and oxygen atoms in total. The Hall–Kier alpha value is -3.47. The summed E-state index contributed by atoms with van der Waals surface area (Å²) in [6, 6.07) is 19.6. The minimum absolute atomic E-state index is 0.252. The number of benzene rings is 3. The molecule has 0 aliphatic heterocycles. The van der Waals surface area contributed by atoms with Gasteiger partial charge in [0.15, 0.2) is 0 Å². The van der Waals surface area contributed by atoms with Crippen molar-refractivity contribution in [3.05, 3.63) is 106 Å². The molecular weight excluding hydrogens is 355 g/mol. The highest BCUT2D eigenvalue weighted by Gasteiger charge is 2.19. The Bertz CT molecular complexity index is 999. The monoisotopic (exact) mass is 376 g/mol. The lowest BCUT2D eigenvalue weighted by Gasteiger charge is -2.20. The molecule has 5 heteroatoms. The van der Waals surface area contributed by atoms with Crippen LogP contribution in [0.2, 0.25) is 0 Å². The topological polar surface area (TPSA) is 72.2 Å². The van der Waals surface area contributed by atoms with Crippen molar-refractivity contribution in [2.24, 2.45) is 5.73 Å². The summed E-state index contributed by atoms with van der Waals surface area (Å²) in [7, 11) is 0. The third-order valence-electron chi connectivity index (χ3n) is 4.59. The predicted octanol–water partition coefficient (Wildman–Crippen LogP) is 4.01. The maximum Gasteiger partial charge on any atom is 0.252 e. The molecule has 0 aliphatic carbocycles. The summed E-state index contributed by atoms with van der Waals surface area (Å²) >= 11 is 0. The van der Waals surface area contributed by atoms with E-state index in [1.165, 1.54) is 23.8 Å². The van der Waals surface area contributed by atoms with Gasteiger partial charge in [0.2, 0.25) is 5.91 Å². The molecule has 3 aromatic rings. The van der Waals surface area contributed by atoms with E-state index in [1.54, 1.807) is 30.3 Å². The van der Waals surface area contributed by atoms with Gasteiger partial charge in [-0.25, -0.2) is 4.39 Å². The number of hydrogen-bond donors (Lipinski definition) is 2. The van der Waals surface area contributed by atoms with E-state index in [0.29, 0.717) is 11.1 Å². The highest BCUT2D eigenvalue weighted by atomic mass is 19.1. The average Bonchev–Trinajstić information content (AvgIpc) is 2.72. The highest BCUT2D eigenvalue weighted by Crippen LogP contribution is 2.24. The maximum atomic E-state index is 13.8. The van der Waals surface area contributed by atoms with Gasteiger partial charge in [0.1, 0.15) is 5.82 Å². The summed E-state index contributed by atoms with van der Waals surface area (Å²) in [5, 5.41) is 2.94. The second kappa shape index (κ2) is 8.48. The Labute approximate surface area is 163 Å². The van der Waals surface area contributed by atoms with E-state index in [4.69, 9.17) is 5.73 Å². The first kappa shape index (κ1) is 19.3. The van der Waals surface area contributed by atoms with Crippen LogP contribution >= 0.6 is 0 Å². The van der Waals surface area contributed by atoms with Crippen LogP contribution in [0, 0.1) is 5.82 Å². The van der Waals surface area contributed by atoms with Crippen molar-refractivity contribution in [1.29, 1.82) is 0 Å². The van der Waals surface area contributed by atoms with Crippen LogP contribution in [0.15, 0.2) is 72.8 Å². The number of aryl methyl sites for hydroxylation is 1. The minimum atomic E-state index is -0.605. The van der Waals surface area contributed by atoms with Crippen molar-refractivity contribution >= 4 is 11.8 Å². The number of halogens is 1. The van der Waals surface area contributed by atoms with Crippen LogP contribution in [0.25, 0.3) is 0 Å². The molecule has 0 aliphatic rings. The van der Waals surface area contributed by atoms with E-state index in [1.807, 2.05) is 24.3 Å². The van der Waals surface area contributed by atoms with Gasteiger partial charge in [0.05, 0.1) is 6.04 Å². The number of carbonyl (C=O) groups excluding carboxylic acids is 2. The summed E-state index contributed by atoms with van der Waals surface area (Å²) in [6.07, 6.45) is 0.900. The number of nitrogens with two attached hydrogens (primary N) is 1. The highest BCUT2D eigenvalue weighted by molar-refractivity contribution is 5.99. The fourth-order valence-corrected chi connectivity index (χ4v) is 3.02. The van der Waals surface area contributed by atoms with Crippen LogP contribution in [-0.2, 0) is 6.42 Å². The number of rotatable bonds is 6. The lowest BCUT2D eigenvalue weighted by atomic mass is 9.96. The molecule has 3 aromatic carbocycles. The molecule has 3 rings (SSSR count). The van der Waals surface area contributed by atoms with Gasteiger partial charge in [0.25, 0.3) is 5.91 Å². The van der Waals surface area contributed by atoms with Crippen molar-refractivity contribution in [3.63, 3.8) is 0 Å². The quantitative estimate of drug-likeness (QED) is 0.682. The third-order valence-corrected chi connectivity index (χ3v) is 4.59. The van der Waals surface area contributed by atoms with Crippen LogP contribution in [0.4, 0.5) is 4.39 Å². The number of hydrogen-bond acceptors (Lipinski definition) is 2. The van der Waals surface area contributed by atoms with Gasteiger partial charge in [-0.1, -0.05) is 49.4 Å². The maximum absolute atomic E-state index is 13.8. The first-order chi connectivity index (χ1) is 13.5. The molecule has 1 atom stereocenters. The third kappa shape index (κ3) is 4.43. The molecule has 1 unspecified atom stereocenters. The zero-order chi connectivity index (χ0) is 20.1. The summed E-state index contributed by atoms with van der Waals surface area (Å²) < 4.78 is 13.8. The lowest BCUT2D eigenvalue weighted by molar-refractivity contribution is 0.0943. The van der Waals surface area contributed by atoms with Gasteiger partial charge in [-0.15, -0.1) is 0 Å². The number of carbonyl (C=O) groups is 2. The Morgan fingerprint density at radius 3 is 2.25 bits per heavy atom. The van der Waals surface area contributed by atoms with Crippen LogP contribution in [0.1, 0.15) is 50.4 Å².